The van der Waals surface area contributed by atoms with Gasteiger partial charge >= 0.3 is 0 Å². The van der Waals surface area contributed by atoms with Crippen LogP contribution in [0.15, 0.2) is 12.2 Å². The van der Waals surface area contributed by atoms with Crippen molar-refractivity contribution in [3.05, 3.63) is 12.2 Å². The Balaban J connectivity index is 1.35. The van der Waals surface area contributed by atoms with E-state index in [9.17, 15) is 0 Å². The number of likely N-dealkylation sites (tertiary alicyclic amines) is 1. The molecule has 3 rings (SSSR count). The molecule has 3 aliphatic rings. The third-order valence-electron chi connectivity index (χ3n) is 4.98. The van der Waals surface area contributed by atoms with Crippen molar-refractivity contribution < 1.29 is 9.47 Å². The minimum atomic E-state index is 0.462. The van der Waals surface area contributed by atoms with Crippen molar-refractivity contribution in [3.8, 4) is 0 Å². The lowest BCUT2D eigenvalue weighted by Gasteiger charge is -2.36. The summed E-state index contributed by atoms with van der Waals surface area (Å²) < 4.78 is 11.6. The maximum Gasteiger partial charge on any atom is 0.0622 e. The zero-order valence-electron chi connectivity index (χ0n) is 12.6. The molecule has 0 aromatic heterocycles. The van der Waals surface area contributed by atoms with Gasteiger partial charge in [0.15, 0.2) is 0 Å². The summed E-state index contributed by atoms with van der Waals surface area (Å²) in [5.74, 6) is 0.896. The van der Waals surface area contributed by atoms with E-state index in [4.69, 9.17) is 9.47 Å². The van der Waals surface area contributed by atoms with Crippen LogP contribution in [0.2, 0.25) is 0 Å². The summed E-state index contributed by atoms with van der Waals surface area (Å²) in [6, 6.07) is 0. The molecule has 0 radical (unpaired) electrons. The van der Waals surface area contributed by atoms with E-state index in [1.54, 1.807) is 0 Å². The van der Waals surface area contributed by atoms with Gasteiger partial charge in [0.05, 0.1) is 12.2 Å². The van der Waals surface area contributed by atoms with Gasteiger partial charge in [0.1, 0.15) is 0 Å². The standard InChI is InChI=1S/C17H29NO2/c1-2-4-15(5-3-1)14-18-10-6-16(7-11-18)20-17-8-12-19-13-9-17/h1-2,15-17H,3-14H2. The molecule has 1 atom stereocenters. The van der Waals surface area contributed by atoms with Gasteiger partial charge in [-0.15, -0.1) is 0 Å². The average Bonchev–Trinajstić information content (AvgIpc) is 2.51. The van der Waals surface area contributed by atoms with Gasteiger partial charge in [0.25, 0.3) is 0 Å². The summed E-state index contributed by atoms with van der Waals surface area (Å²) in [5, 5.41) is 0. The van der Waals surface area contributed by atoms with E-state index in [2.05, 4.69) is 17.1 Å². The van der Waals surface area contributed by atoms with Gasteiger partial charge in [0, 0.05) is 32.8 Å². The van der Waals surface area contributed by atoms with E-state index in [0.717, 1.165) is 32.0 Å². The second-order valence-electron chi connectivity index (χ2n) is 6.60. The minimum absolute atomic E-state index is 0.462. The van der Waals surface area contributed by atoms with Gasteiger partial charge in [-0.3, -0.25) is 0 Å². The molecule has 3 heteroatoms. The maximum atomic E-state index is 6.25. The fourth-order valence-corrected chi connectivity index (χ4v) is 3.70. The summed E-state index contributed by atoms with van der Waals surface area (Å²) in [5.41, 5.74) is 0. The van der Waals surface area contributed by atoms with Crippen LogP contribution in [0, 0.1) is 5.92 Å². The van der Waals surface area contributed by atoms with Crippen molar-refractivity contribution in [1.82, 2.24) is 4.90 Å². The van der Waals surface area contributed by atoms with Crippen LogP contribution < -0.4 is 0 Å². The lowest BCUT2D eigenvalue weighted by Crippen LogP contribution is -2.41. The van der Waals surface area contributed by atoms with Gasteiger partial charge in [-0.05, 0) is 50.9 Å². The van der Waals surface area contributed by atoms with Crippen LogP contribution in [0.25, 0.3) is 0 Å². The van der Waals surface area contributed by atoms with Crippen LogP contribution in [0.3, 0.4) is 0 Å². The monoisotopic (exact) mass is 279 g/mol. The van der Waals surface area contributed by atoms with Crippen molar-refractivity contribution in [2.24, 2.45) is 5.92 Å². The van der Waals surface area contributed by atoms with Crippen LogP contribution in [-0.4, -0.2) is 50.0 Å². The molecular weight excluding hydrogens is 250 g/mol. The molecule has 2 heterocycles. The molecule has 0 N–H and O–H groups in total. The summed E-state index contributed by atoms with van der Waals surface area (Å²) in [4.78, 5) is 2.66. The third kappa shape index (κ3) is 4.31. The Hall–Kier alpha value is -0.380. The first-order chi connectivity index (χ1) is 9.90. The number of piperidine rings is 1. The van der Waals surface area contributed by atoms with Gasteiger partial charge in [0.2, 0.25) is 0 Å². The van der Waals surface area contributed by atoms with E-state index < -0.39 is 0 Å². The molecule has 0 saturated carbocycles. The van der Waals surface area contributed by atoms with Crippen LogP contribution in [0.4, 0.5) is 0 Å². The normalized spacial score (nSPS) is 30.7. The Bertz CT molecular complexity index is 304. The molecule has 0 amide bonds. The topological polar surface area (TPSA) is 21.7 Å². The molecule has 1 unspecified atom stereocenters. The second kappa shape index (κ2) is 7.58. The lowest BCUT2D eigenvalue weighted by atomic mass is 9.93. The van der Waals surface area contributed by atoms with Crippen LogP contribution in [0.5, 0.6) is 0 Å². The fourth-order valence-electron chi connectivity index (χ4n) is 3.70. The Morgan fingerprint density at radius 1 is 0.950 bits per heavy atom. The highest BCUT2D eigenvalue weighted by molar-refractivity contribution is 4.91. The fraction of sp³-hybridized carbons (Fsp3) is 0.882. The molecule has 20 heavy (non-hydrogen) atoms. The van der Waals surface area contributed by atoms with E-state index in [-0.39, 0.29) is 0 Å². The number of rotatable bonds is 4. The second-order valence-corrected chi connectivity index (χ2v) is 6.60. The van der Waals surface area contributed by atoms with Gasteiger partial charge in [-0.1, -0.05) is 12.2 Å². The third-order valence-corrected chi connectivity index (χ3v) is 4.98. The molecule has 0 aromatic carbocycles. The molecule has 0 aromatic rings. The number of hydrogen-bond donors (Lipinski definition) is 0. The van der Waals surface area contributed by atoms with Crippen molar-refractivity contribution in [3.63, 3.8) is 0 Å². The van der Waals surface area contributed by atoms with Crippen LogP contribution in [-0.2, 0) is 9.47 Å². The van der Waals surface area contributed by atoms with Crippen molar-refractivity contribution in [2.75, 3.05) is 32.8 Å². The highest BCUT2D eigenvalue weighted by Crippen LogP contribution is 2.23. The van der Waals surface area contributed by atoms with Crippen LogP contribution >= 0.6 is 0 Å². The predicted octanol–water partition coefficient (Wildman–Crippen LogP) is 3.00. The number of hydrogen-bond acceptors (Lipinski definition) is 3. The molecule has 2 saturated heterocycles. The first kappa shape index (κ1) is 14.6. The van der Waals surface area contributed by atoms with Crippen molar-refractivity contribution in [1.29, 1.82) is 0 Å². The van der Waals surface area contributed by atoms with E-state index in [0.29, 0.717) is 12.2 Å². The first-order valence-electron chi connectivity index (χ1n) is 8.51. The molecular formula is C17H29NO2. The number of allylic oxidation sites excluding steroid dienone is 2. The van der Waals surface area contributed by atoms with Crippen molar-refractivity contribution in [2.45, 2.75) is 57.2 Å². The molecule has 1 aliphatic carbocycles. The summed E-state index contributed by atoms with van der Waals surface area (Å²) in [6.07, 6.45) is 14.3. The number of nitrogens with zero attached hydrogens (tertiary/aromatic N) is 1. The molecule has 2 fully saturated rings. The van der Waals surface area contributed by atoms with E-state index >= 15 is 0 Å². The highest BCUT2D eigenvalue weighted by Gasteiger charge is 2.25. The summed E-state index contributed by atoms with van der Waals surface area (Å²) >= 11 is 0. The SMILES string of the molecule is C1=CCC(CN2CCC(OC3CCOCC3)CC2)CC1. The lowest BCUT2D eigenvalue weighted by molar-refractivity contribution is -0.0853. The van der Waals surface area contributed by atoms with Gasteiger partial charge < -0.3 is 14.4 Å². The predicted molar refractivity (Wildman–Crippen MR) is 80.9 cm³/mol. The number of ether oxygens (including phenoxy) is 2. The maximum absolute atomic E-state index is 6.25. The zero-order valence-corrected chi connectivity index (χ0v) is 12.6. The van der Waals surface area contributed by atoms with E-state index in [1.807, 2.05) is 0 Å². The van der Waals surface area contributed by atoms with E-state index in [1.165, 1.54) is 51.7 Å². The Kier molecular flexibility index (Phi) is 5.51. The smallest absolute Gasteiger partial charge is 0.0622 e. The molecule has 0 bridgehead atoms. The first-order valence-corrected chi connectivity index (χ1v) is 8.51. The van der Waals surface area contributed by atoms with Crippen LogP contribution in [0.1, 0.15) is 44.9 Å². The molecule has 0 spiro atoms. The van der Waals surface area contributed by atoms with Gasteiger partial charge in [-0.25, -0.2) is 0 Å². The molecule has 2 aliphatic heterocycles. The molecule has 3 nitrogen and oxygen atoms in total. The van der Waals surface area contributed by atoms with Gasteiger partial charge in [-0.2, -0.15) is 0 Å². The Morgan fingerprint density at radius 3 is 2.40 bits per heavy atom. The summed E-state index contributed by atoms with van der Waals surface area (Å²) in [6.45, 7) is 5.54. The quantitative estimate of drug-likeness (QED) is 0.738. The Labute approximate surface area is 123 Å². The zero-order chi connectivity index (χ0) is 13.6. The highest BCUT2D eigenvalue weighted by atomic mass is 16.5. The van der Waals surface area contributed by atoms with Crippen molar-refractivity contribution >= 4 is 0 Å². The average molecular weight is 279 g/mol. The molecule has 114 valence electrons. The minimum Gasteiger partial charge on any atom is -0.381 e. The largest absolute Gasteiger partial charge is 0.381 e. The Morgan fingerprint density at radius 2 is 1.70 bits per heavy atom. The summed E-state index contributed by atoms with van der Waals surface area (Å²) in [7, 11) is 0.